The van der Waals surface area contributed by atoms with Gasteiger partial charge in [-0.05, 0) is 6.92 Å². The second kappa shape index (κ2) is 5.53. The van der Waals surface area contributed by atoms with Gasteiger partial charge in [-0.15, -0.1) is 0 Å². The molecule has 1 aromatic rings. The summed E-state index contributed by atoms with van der Waals surface area (Å²) in [5.74, 6) is 0.216. The van der Waals surface area contributed by atoms with Crippen LogP contribution in [0.1, 0.15) is 18.2 Å². The number of aromatic nitrogens is 2. The van der Waals surface area contributed by atoms with E-state index in [4.69, 9.17) is 15.3 Å². The van der Waals surface area contributed by atoms with Crippen LogP contribution in [-0.2, 0) is 4.74 Å². The standard InChI is InChI=1S/C9H9N5O/c1-2-15-4-3-12-9-7(5-10)8(6-11)13-14-9/h3H,2,4H2,1H3,(H,13,14). The Hall–Kier alpha value is -2.18. The van der Waals surface area contributed by atoms with E-state index in [-0.39, 0.29) is 17.1 Å². The van der Waals surface area contributed by atoms with Crippen molar-refractivity contribution in [2.24, 2.45) is 4.99 Å². The van der Waals surface area contributed by atoms with E-state index in [1.807, 2.05) is 19.1 Å². The van der Waals surface area contributed by atoms with E-state index < -0.39 is 0 Å². The second-order valence-corrected chi connectivity index (χ2v) is 2.49. The smallest absolute Gasteiger partial charge is 0.192 e. The van der Waals surface area contributed by atoms with Crippen molar-refractivity contribution in [1.29, 1.82) is 10.5 Å². The van der Waals surface area contributed by atoms with Gasteiger partial charge in [-0.25, -0.2) is 4.99 Å². The highest BCUT2D eigenvalue weighted by Gasteiger charge is 2.10. The largest absolute Gasteiger partial charge is 0.376 e. The van der Waals surface area contributed by atoms with Crippen LogP contribution in [0.4, 0.5) is 5.82 Å². The fourth-order valence-corrected chi connectivity index (χ4v) is 0.907. The zero-order valence-corrected chi connectivity index (χ0v) is 8.19. The summed E-state index contributed by atoms with van der Waals surface area (Å²) in [4.78, 5) is 3.92. The molecule has 76 valence electrons. The van der Waals surface area contributed by atoms with Crippen LogP contribution >= 0.6 is 0 Å². The molecule has 0 spiro atoms. The molecule has 0 fully saturated rings. The summed E-state index contributed by atoms with van der Waals surface area (Å²) in [6.07, 6.45) is 1.50. The summed E-state index contributed by atoms with van der Waals surface area (Å²) >= 11 is 0. The number of aliphatic imine (C=N–C) groups is 1. The van der Waals surface area contributed by atoms with Crippen LogP contribution in [0, 0.1) is 22.7 Å². The molecule has 1 rings (SSSR count). The van der Waals surface area contributed by atoms with Crippen LogP contribution in [0.5, 0.6) is 0 Å². The first-order valence-electron chi connectivity index (χ1n) is 4.32. The first-order valence-corrected chi connectivity index (χ1v) is 4.32. The monoisotopic (exact) mass is 203 g/mol. The third-order valence-corrected chi connectivity index (χ3v) is 1.58. The minimum absolute atomic E-state index is 0.126. The maximum absolute atomic E-state index is 8.76. The molecule has 0 aromatic carbocycles. The quantitative estimate of drug-likeness (QED) is 0.580. The Kier molecular flexibility index (Phi) is 4.02. The van der Waals surface area contributed by atoms with E-state index in [0.29, 0.717) is 13.2 Å². The lowest BCUT2D eigenvalue weighted by atomic mass is 10.3. The van der Waals surface area contributed by atoms with Gasteiger partial charge in [0.2, 0.25) is 0 Å². The number of nitrogens with zero attached hydrogens (tertiary/aromatic N) is 4. The molecule has 6 heteroatoms. The maximum Gasteiger partial charge on any atom is 0.192 e. The van der Waals surface area contributed by atoms with Crippen LogP contribution < -0.4 is 0 Å². The molecule has 0 atom stereocenters. The molecule has 1 aromatic heterocycles. The van der Waals surface area contributed by atoms with Crippen molar-refractivity contribution in [3.8, 4) is 12.1 Å². The van der Waals surface area contributed by atoms with Gasteiger partial charge in [0.15, 0.2) is 11.5 Å². The Morgan fingerprint density at radius 3 is 2.93 bits per heavy atom. The summed E-state index contributed by atoms with van der Waals surface area (Å²) in [6, 6.07) is 3.69. The first kappa shape index (κ1) is 10.9. The SMILES string of the molecule is CCOCC=Nc1n[nH]c(C#N)c1C#N. The molecule has 0 amide bonds. The average Bonchev–Trinajstić information content (AvgIpc) is 2.66. The van der Waals surface area contributed by atoms with Gasteiger partial charge < -0.3 is 4.74 Å². The summed E-state index contributed by atoms with van der Waals surface area (Å²) in [5.41, 5.74) is 0.284. The third kappa shape index (κ3) is 2.63. The van der Waals surface area contributed by atoms with Gasteiger partial charge in [-0.1, -0.05) is 0 Å². The average molecular weight is 203 g/mol. The van der Waals surface area contributed by atoms with Crippen molar-refractivity contribution in [2.75, 3.05) is 13.2 Å². The lowest BCUT2D eigenvalue weighted by Gasteiger charge is -1.91. The third-order valence-electron chi connectivity index (χ3n) is 1.58. The number of aromatic amines is 1. The number of hydrogen-bond donors (Lipinski definition) is 1. The molecule has 1 heterocycles. The Balaban J connectivity index is 2.79. The lowest BCUT2D eigenvalue weighted by Crippen LogP contribution is -1.93. The van der Waals surface area contributed by atoms with Gasteiger partial charge in [-0.3, -0.25) is 5.10 Å². The number of ether oxygens (including phenoxy) is 1. The fraction of sp³-hybridized carbons (Fsp3) is 0.333. The van der Waals surface area contributed by atoms with Crippen LogP contribution in [0.25, 0.3) is 0 Å². The number of rotatable bonds is 4. The Labute approximate surface area is 86.8 Å². The van der Waals surface area contributed by atoms with Gasteiger partial charge in [0.25, 0.3) is 0 Å². The number of nitriles is 2. The Morgan fingerprint density at radius 1 is 1.53 bits per heavy atom. The van der Waals surface area contributed by atoms with Crippen molar-refractivity contribution >= 4 is 12.0 Å². The molecule has 0 radical (unpaired) electrons. The minimum atomic E-state index is 0.126. The van der Waals surface area contributed by atoms with Crippen molar-refractivity contribution < 1.29 is 4.74 Å². The summed E-state index contributed by atoms with van der Waals surface area (Å²) in [5, 5.41) is 23.5. The molecular formula is C9H9N5O. The van der Waals surface area contributed by atoms with Crippen molar-refractivity contribution in [3.63, 3.8) is 0 Å². The van der Waals surface area contributed by atoms with Crippen molar-refractivity contribution in [2.45, 2.75) is 6.92 Å². The summed E-state index contributed by atoms with van der Waals surface area (Å²) in [6.45, 7) is 2.83. The minimum Gasteiger partial charge on any atom is -0.376 e. The maximum atomic E-state index is 8.76. The van der Waals surface area contributed by atoms with Crippen molar-refractivity contribution in [1.82, 2.24) is 10.2 Å². The lowest BCUT2D eigenvalue weighted by molar-refractivity contribution is 0.190. The van der Waals surface area contributed by atoms with Gasteiger partial charge in [-0.2, -0.15) is 15.6 Å². The highest BCUT2D eigenvalue weighted by Crippen LogP contribution is 2.16. The molecule has 0 aliphatic heterocycles. The van der Waals surface area contributed by atoms with Crippen LogP contribution in [0.15, 0.2) is 4.99 Å². The predicted molar refractivity (Wildman–Crippen MR) is 52.7 cm³/mol. The molecule has 0 aliphatic rings. The number of hydrogen-bond acceptors (Lipinski definition) is 5. The van der Waals surface area contributed by atoms with Gasteiger partial charge in [0, 0.05) is 12.8 Å². The number of nitrogens with one attached hydrogen (secondary N) is 1. The van der Waals surface area contributed by atoms with E-state index in [1.165, 1.54) is 6.21 Å². The normalized spacial score (nSPS) is 10.1. The van der Waals surface area contributed by atoms with E-state index in [2.05, 4.69) is 15.2 Å². The summed E-state index contributed by atoms with van der Waals surface area (Å²) in [7, 11) is 0. The molecule has 0 bridgehead atoms. The van der Waals surface area contributed by atoms with Crippen LogP contribution in [0.2, 0.25) is 0 Å². The van der Waals surface area contributed by atoms with Gasteiger partial charge >= 0.3 is 0 Å². The molecule has 6 nitrogen and oxygen atoms in total. The van der Waals surface area contributed by atoms with E-state index in [9.17, 15) is 0 Å². The molecule has 0 saturated heterocycles. The fourth-order valence-electron chi connectivity index (χ4n) is 0.907. The summed E-state index contributed by atoms with van der Waals surface area (Å²) < 4.78 is 5.03. The molecular weight excluding hydrogens is 194 g/mol. The highest BCUT2D eigenvalue weighted by atomic mass is 16.5. The van der Waals surface area contributed by atoms with E-state index in [0.717, 1.165) is 0 Å². The van der Waals surface area contributed by atoms with Crippen LogP contribution in [-0.4, -0.2) is 29.6 Å². The van der Waals surface area contributed by atoms with E-state index in [1.54, 1.807) is 0 Å². The molecule has 0 aliphatic carbocycles. The topological polar surface area (TPSA) is 97.8 Å². The number of H-pyrrole nitrogens is 1. The van der Waals surface area contributed by atoms with Gasteiger partial charge in [0.05, 0.1) is 6.61 Å². The molecule has 0 saturated carbocycles. The van der Waals surface area contributed by atoms with Crippen LogP contribution in [0.3, 0.4) is 0 Å². The Bertz CT molecular complexity index is 434. The zero-order chi connectivity index (χ0) is 11.1. The second-order valence-electron chi connectivity index (χ2n) is 2.49. The predicted octanol–water partition coefficient (Wildman–Crippen LogP) is 0.892. The zero-order valence-electron chi connectivity index (χ0n) is 8.19. The van der Waals surface area contributed by atoms with Gasteiger partial charge in [0.1, 0.15) is 17.7 Å². The molecule has 15 heavy (non-hydrogen) atoms. The van der Waals surface area contributed by atoms with E-state index >= 15 is 0 Å². The molecule has 1 N–H and O–H groups in total. The van der Waals surface area contributed by atoms with Crippen molar-refractivity contribution in [3.05, 3.63) is 11.3 Å². The molecule has 0 unspecified atom stereocenters. The highest BCUT2D eigenvalue weighted by molar-refractivity contribution is 5.66. The first-order chi connectivity index (χ1) is 7.33. The Morgan fingerprint density at radius 2 is 2.33 bits per heavy atom.